The first-order valence-corrected chi connectivity index (χ1v) is 7.79. The minimum atomic E-state index is 0.391. The fourth-order valence-electron chi connectivity index (χ4n) is 2.14. The molecular weight excluding hydrogens is 346 g/mol. The molecule has 2 rings (SSSR count). The number of hydrogen-bond donors (Lipinski definition) is 0. The number of ether oxygens (including phenoxy) is 1. The largest absolute Gasteiger partial charge is 0.376 e. The molecule has 4 heteroatoms. The first-order valence-electron chi connectivity index (χ1n) is 5.88. The Kier molecular flexibility index (Phi) is 4.88. The summed E-state index contributed by atoms with van der Waals surface area (Å²) in [6.45, 7) is 1.88. The molecule has 1 atom stereocenters. The molecule has 0 aliphatic carbocycles. The first-order chi connectivity index (χ1) is 8.20. The van der Waals surface area contributed by atoms with Crippen LogP contribution in [0.5, 0.6) is 0 Å². The van der Waals surface area contributed by atoms with Gasteiger partial charge in [0.1, 0.15) is 0 Å². The topological polar surface area (TPSA) is 12.5 Å². The number of hydrogen-bond acceptors (Lipinski definition) is 2. The van der Waals surface area contributed by atoms with Crippen molar-refractivity contribution >= 4 is 37.5 Å². The maximum Gasteiger partial charge on any atom is 0.0750 e. The van der Waals surface area contributed by atoms with Crippen LogP contribution in [0.3, 0.4) is 0 Å². The Hall–Kier alpha value is -0.0600. The summed E-state index contributed by atoms with van der Waals surface area (Å²) in [5.41, 5.74) is 2.51. The molecule has 0 spiro atoms. The molecule has 1 saturated heterocycles. The van der Waals surface area contributed by atoms with Crippen LogP contribution in [-0.4, -0.2) is 26.3 Å². The molecule has 94 valence electrons. The lowest BCUT2D eigenvalue weighted by atomic mass is 10.2. The van der Waals surface area contributed by atoms with E-state index in [1.54, 1.807) is 0 Å². The van der Waals surface area contributed by atoms with Gasteiger partial charge in [-0.1, -0.05) is 22.0 Å². The first kappa shape index (κ1) is 13.4. The average molecular weight is 363 g/mol. The highest BCUT2D eigenvalue weighted by Crippen LogP contribution is 2.28. The summed E-state index contributed by atoms with van der Waals surface area (Å²) in [4.78, 5) is 2.26. The van der Waals surface area contributed by atoms with E-state index in [4.69, 9.17) is 4.74 Å². The summed E-state index contributed by atoms with van der Waals surface area (Å²) >= 11 is 7.10. The van der Waals surface area contributed by atoms with Crippen molar-refractivity contribution in [3.63, 3.8) is 0 Å². The minimum absolute atomic E-state index is 0.391. The van der Waals surface area contributed by atoms with E-state index in [0.717, 1.165) is 23.0 Å². The zero-order chi connectivity index (χ0) is 12.3. The van der Waals surface area contributed by atoms with Crippen molar-refractivity contribution in [3.8, 4) is 0 Å². The minimum Gasteiger partial charge on any atom is -0.376 e. The summed E-state index contributed by atoms with van der Waals surface area (Å²) in [5.74, 6) is 0. The standard InChI is InChI=1S/C13H17Br2NO/c1-16(9-11-3-2-6-17-11)13-5-4-10(8-14)7-12(13)15/h4-5,7,11H,2-3,6,8-9H2,1H3. The number of likely N-dealkylation sites (N-methyl/N-ethyl adjacent to an activating group) is 1. The molecule has 1 unspecified atom stereocenters. The molecule has 17 heavy (non-hydrogen) atoms. The molecule has 1 fully saturated rings. The Balaban J connectivity index is 2.04. The Morgan fingerprint density at radius 3 is 2.88 bits per heavy atom. The van der Waals surface area contributed by atoms with Gasteiger partial charge in [-0.3, -0.25) is 0 Å². The summed E-state index contributed by atoms with van der Waals surface area (Å²) in [7, 11) is 2.12. The van der Waals surface area contributed by atoms with Crippen molar-refractivity contribution in [1.82, 2.24) is 0 Å². The third kappa shape index (κ3) is 3.46. The van der Waals surface area contributed by atoms with E-state index in [0.29, 0.717) is 6.10 Å². The third-order valence-corrected chi connectivity index (χ3v) is 4.36. The SMILES string of the molecule is CN(CC1CCCO1)c1ccc(CBr)cc1Br. The Morgan fingerprint density at radius 1 is 1.47 bits per heavy atom. The van der Waals surface area contributed by atoms with Crippen LogP contribution in [0.25, 0.3) is 0 Å². The summed E-state index contributed by atoms with van der Waals surface area (Å²) < 4.78 is 6.81. The van der Waals surface area contributed by atoms with Gasteiger partial charge in [-0.15, -0.1) is 0 Å². The number of rotatable bonds is 4. The molecule has 0 aromatic heterocycles. The van der Waals surface area contributed by atoms with Crippen LogP contribution < -0.4 is 4.90 Å². The molecule has 1 aliphatic rings. The number of nitrogens with zero attached hydrogens (tertiary/aromatic N) is 1. The highest BCUT2D eigenvalue weighted by molar-refractivity contribution is 9.10. The zero-order valence-electron chi connectivity index (χ0n) is 9.96. The van der Waals surface area contributed by atoms with Crippen molar-refractivity contribution in [3.05, 3.63) is 28.2 Å². The lowest BCUT2D eigenvalue weighted by molar-refractivity contribution is 0.116. The predicted molar refractivity (Wildman–Crippen MR) is 79.0 cm³/mol. The fraction of sp³-hybridized carbons (Fsp3) is 0.538. The maximum atomic E-state index is 5.67. The lowest BCUT2D eigenvalue weighted by Crippen LogP contribution is -2.28. The van der Waals surface area contributed by atoms with Gasteiger partial charge >= 0.3 is 0 Å². The van der Waals surface area contributed by atoms with Crippen LogP contribution in [-0.2, 0) is 10.1 Å². The highest BCUT2D eigenvalue weighted by Gasteiger charge is 2.18. The smallest absolute Gasteiger partial charge is 0.0750 e. The van der Waals surface area contributed by atoms with Gasteiger partial charge in [0, 0.05) is 30.0 Å². The molecule has 0 bridgehead atoms. The van der Waals surface area contributed by atoms with Crippen LogP contribution in [0.2, 0.25) is 0 Å². The van der Waals surface area contributed by atoms with E-state index < -0.39 is 0 Å². The van der Waals surface area contributed by atoms with Gasteiger partial charge in [0.25, 0.3) is 0 Å². The van der Waals surface area contributed by atoms with Gasteiger partial charge in [-0.25, -0.2) is 0 Å². The van der Waals surface area contributed by atoms with E-state index in [-0.39, 0.29) is 0 Å². The second kappa shape index (κ2) is 6.21. The predicted octanol–water partition coefficient (Wildman–Crippen LogP) is 3.96. The van der Waals surface area contributed by atoms with Gasteiger partial charge in [-0.2, -0.15) is 0 Å². The van der Waals surface area contributed by atoms with Gasteiger partial charge in [0.2, 0.25) is 0 Å². The maximum absolute atomic E-state index is 5.67. The van der Waals surface area contributed by atoms with Crippen molar-refractivity contribution in [1.29, 1.82) is 0 Å². The highest BCUT2D eigenvalue weighted by atomic mass is 79.9. The molecule has 2 nitrogen and oxygen atoms in total. The van der Waals surface area contributed by atoms with E-state index >= 15 is 0 Å². The molecule has 1 aliphatic heterocycles. The number of halogens is 2. The number of alkyl halides is 1. The molecule has 0 saturated carbocycles. The van der Waals surface area contributed by atoms with Gasteiger partial charge in [0.05, 0.1) is 11.8 Å². The molecule has 0 N–H and O–H groups in total. The van der Waals surface area contributed by atoms with Crippen LogP contribution in [0.15, 0.2) is 22.7 Å². The summed E-state index contributed by atoms with van der Waals surface area (Å²) in [6, 6.07) is 6.48. The Bertz CT molecular complexity index is 378. The van der Waals surface area contributed by atoms with E-state index in [2.05, 4.69) is 62.0 Å². The quantitative estimate of drug-likeness (QED) is 0.751. The second-order valence-corrected chi connectivity index (χ2v) is 5.85. The summed E-state index contributed by atoms with van der Waals surface area (Å²) in [5, 5.41) is 0.890. The van der Waals surface area contributed by atoms with Crippen molar-refractivity contribution in [2.24, 2.45) is 0 Å². The Labute approximate surface area is 120 Å². The van der Waals surface area contributed by atoms with Crippen LogP contribution >= 0.6 is 31.9 Å². The van der Waals surface area contributed by atoms with Crippen LogP contribution in [0.1, 0.15) is 18.4 Å². The van der Waals surface area contributed by atoms with Gasteiger partial charge in [0.15, 0.2) is 0 Å². The van der Waals surface area contributed by atoms with E-state index in [9.17, 15) is 0 Å². The van der Waals surface area contributed by atoms with E-state index in [1.165, 1.54) is 24.1 Å². The lowest BCUT2D eigenvalue weighted by Gasteiger charge is -2.24. The second-order valence-electron chi connectivity index (χ2n) is 4.43. The monoisotopic (exact) mass is 361 g/mol. The van der Waals surface area contributed by atoms with Crippen molar-refractivity contribution < 1.29 is 4.74 Å². The number of benzene rings is 1. The van der Waals surface area contributed by atoms with Gasteiger partial charge in [-0.05, 0) is 46.5 Å². The molecular formula is C13H17Br2NO. The van der Waals surface area contributed by atoms with Crippen molar-refractivity contribution in [2.75, 3.05) is 25.1 Å². The summed E-state index contributed by atoms with van der Waals surface area (Å²) in [6.07, 6.45) is 2.77. The van der Waals surface area contributed by atoms with Crippen LogP contribution in [0.4, 0.5) is 5.69 Å². The van der Waals surface area contributed by atoms with E-state index in [1.807, 2.05) is 0 Å². The van der Waals surface area contributed by atoms with Crippen molar-refractivity contribution in [2.45, 2.75) is 24.3 Å². The van der Waals surface area contributed by atoms with Crippen LogP contribution in [0, 0.1) is 0 Å². The molecule has 0 radical (unpaired) electrons. The fourth-order valence-corrected chi connectivity index (χ4v) is 3.21. The Morgan fingerprint density at radius 2 is 2.29 bits per heavy atom. The number of anilines is 1. The normalized spacial score (nSPS) is 19.6. The zero-order valence-corrected chi connectivity index (χ0v) is 13.1. The third-order valence-electron chi connectivity index (χ3n) is 3.08. The molecule has 1 heterocycles. The molecule has 1 aromatic rings. The average Bonchev–Trinajstić information content (AvgIpc) is 2.81. The molecule has 1 aromatic carbocycles. The van der Waals surface area contributed by atoms with Gasteiger partial charge < -0.3 is 9.64 Å². The molecule has 0 amide bonds.